The number of para-hydroxylation sites is 1. The van der Waals surface area contributed by atoms with Crippen molar-refractivity contribution < 1.29 is 4.79 Å². The molecule has 3 rings (SSSR count). The summed E-state index contributed by atoms with van der Waals surface area (Å²) in [6.07, 6.45) is 2.08. The Morgan fingerprint density at radius 1 is 1.40 bits per heavy atom. The Hall–Kier alpha value is -1.81. The third-order valence-electron chi connectivity index (χ3n) is 4.13. The molecule has 0 spiro atoms. The van der Waals surface area contributed by atoms with E-state index in [0.717, 1.165) is 37.1 Å². The van der Waals surface area contributed by atoms with E-state index in [0.29, 0.717) is 6.54 Å². The van der Waals surface area contributed by atoms with Crippen LogP contribution in [-0.2, 0) is 11.3 Å². The summed E-state index contributed by atoms with van der Waals surface area (Å²) in [6, 6.07) is 8.22. The molecule has 0 radical (unpaired) electrons. The van der Waals surface area contributed by atoms with Crippen molar-refractivity contribution in [2.45, 2.75) is 26.3 Å². The number of benzene rings is 1. The summed E-state index contributed by atoms with van der Waals surface area (Å²) in [5.41, 5.74) is 3.46. The number of aryl methyl sites for hydroxylation is 1. The molecule has 3 N–H and O–H groups in total. The maximum Gasteiger partial charge on any atom is 0.224 e. The highest BCUT2D eigenvalue weighted by Crippen LogP contribution is 2.21. The van der Waals surface area contributed by atoms with Crippen LogP contribution in [0.5, 0.6) is 0 Å². The number of carbonyl (C=O) groups is 1. The molecule has 1 aliphatic rings. The Bertz CT molecular complexity index is 611. The van der Waals surface area contributed by atoms with Crippen LogP contribution in [0.25, 0.3) is 10.9 Å². The van der Waals surface area contributed by atoms with E-state index in [-0.39, 0.29) is 11.8 Å². The number of fused-ring (bicyclic) bond motifs is 1. The third kappa shape index (κ3) is 2.56. The second-order valence-electron chi connectivity index (χ2n) is 5.54. The molecule has 1 aliphatic heterocycles. The van der Waals surface area contributed by atoms with Crippen molar-refractivity contribution in [3.05, 3.63) is 35.5 Å². The predicted octanol–water partition coefficient (Wildman–Crippen LogP) is 2.09. The molecule has 4 heteroatoms. The number of amides is 1. The first kappa shape index (κ1) is 13.2. The average Bonchev–Trinajstić information content (AvgIpc) is 2.81. The first-order valence-corrected chi connectivity index (χ1v) is 7.30. The standard InChI is InChI=1S/C16H21N3O/c1-11-14(13-6-2-3-7-15(13)19-11)10-18-16(20)12-5-4-8-17-9-12/h2-3,6-7,12,17,19H,4-5,8-10H2,1H3,(H,18,20). The van der Waals surface area contributed by atoms with Crippen LogP contribution in [0, 0.1) is 12.8 Å². The van der Waals surface area contributed by atoms with Crippen LogP contribution in [0.15, 0.2) is 24.3 Å². The maximum absolute atomic E-state index is 12.2. The van der Waals surface area contributed by atoms with Crippen LogP contribution in [-0.4, -0.2) is 24.0 Å². The summed E-state index contributed by atoms with van der Waals surface area (Å²) in [7, 11) is 0. The van der Waals surface area contributed by atoms with Crippen molar-refractivity contribution >= 4 is 16.8 Å². The van der Waals surface area contributed by atoms with Crippen molar-refractivity contribution in [2.24, 2.45) is 5.92 Å². The molecule has 1 aromatic heterocycles. The Kier molecular flexibility index (Phi) is 3.74. The van der Waals surface area contributed by atoms with Gasteiger partial charge in [0, 0.05) is 29.7 Å². The van der Waals surface area contributed by atoms with Gasteiger partial charge in [0.15, 0.2) is 0 Å². The van der Waals surface area contributed by atoms with Gasteiger partial charge in [-0.2, -0.15) is 0 Å². The molecule has 1 fully saturated rings. The summed E-state index contributed by atoms with van der Waals surface area (Å²) in [5, 5.41) is 7.57. The fraction of sp³-hybridized carbons (Fsp3) is 0.438. The van der Waals surface area contributed by atoms with Gasteiger partial charge in [0.25, 0.3) is 0 Å². The molecule has 4 nitrogen and oxygen atoms in total. The number of nitrogens with one attached hydrogen (secondary N) is 3. The normalized spacial score (nSPS) is 19.1. The average molecular weight is 271 g/mol. The molecule has 1 unspecified atom stereocenters. The lowest BCUT2D eigenvalue weighted by Crippen LogP contribution is -2.40. The van der Waals surface area contributed by atoms with E-state index < -0.39 is 0 Å². The Labute approximate surface area is 118 Å². The largest absolute Gasteiger partial charge is 0.358 e. The van der Waals surface area contributed by atoms with Gasteiger partial charge in [-0.1, -0.05) is 18.2 Å². The predicted molar refractivity (Wildman–Crippen MR) is 80.5 cm³/mol. The van der Waals surface area contributed by atoms with E-state index in [1.165, 1.54) is 10.9 Å². The fourth-order valence-corrected chi connectivity index (χ4v) is 2.96. The second kappa shape index (κ2) is 5.67. The van der Waals surface area contributed by atoms with Gasteiger partial charge in [0.2, 0.25) is 5.91 Å². The SMILES string of the molecule is Cc1[nH]c2ccccc2c1CNC(=O)C1CCCNC1. The number of aromatic amines is 1. The number of hydrogen-bond donors (Lipinski definition) is 3. The van der Waals surface area contributed by atoms with Crippen molar-refractivity contribution in [1.82, 2.24) is 15.6 Å². The molecule has 106 valence electrons. The van der Waals surface area contributed by atoms with Gasteiger partial charge in [-0.15, -0.1) is 0 Å². The van der Waals surface area contributed by atoms with Gasteiger partial charge in [0.1, 0.15) is 0 Å². The van der Waals surface area contributed by atoms with E-state index in [9.17, 15) is 4.79 Å². The summed E-state index contributed by atoms with van der Waals surface area (Å²) in [5.74, 6) is 0.288. The first-order valence-electron chi connectivity index (χ1n) is 7.30. The minimum Gasteiger partial charge on any atom is -0.358 e. The minimum atomic E-state index is 0.120. The molecular formula is C16H21N3O. The van der Waals surface area contributed by atoms with Crippen LogP contribution in [0.2, 0.25) is 0 Å². The molecule has 0 aliphatic carbocycles. The summed E-state index contributed by atoms with van der Waals surface area (Å²) in [6.45, 7) is 4.50. The monoisotopic (exact) mass is 271 g/mol. The number of rotatable bonds is 3. The van der Waals surface area contributed by atoms with Crippen molar-refractivity contribution in [2.75, 3.05) is 13.1 Å². The summed E-state index contributed by atoms with van der Waals surface area (Å²) in [4.78, 5) is 15.5. The topological polar surface area (TPSA) is 56.9 Å². The number of hydrogen-bond acceptors (Lipinski definition) is 2. The molecule has 0 bridgehead atoms. The quantitative estimate of drug-likeness (QED) is 0.800. The van der Waals surface area contributed by atoms with Crippen LogP contribution in [0.1, 0.15) is 24.1 Å². The van der Waals surface area contributed by atoms with Gasteiger partial charge in [-0.3, -0.25) is 4.79 Å². The molecule has 2 aromatic rings. The highest BCUT2D eigenvalue weighted by atomic mass is 16.1. The molecule has 20 heavy (non-hydrogen) atoms. The maximum atomic E-state index is 12.2. The van der Waals surface area contributed by atoms with Crippen LogP contribution in [0.4, 0.5) is 0 Å². The van der Waals surface area contributed by atoms with Crippen molar-refractivity contribution in [1.29, 1.82) is 0 Å². The minimum absolute atomic E-state index is 0.120. The Morgan fingerprint density at radius 3 is 3.05 bits per heavy atom. The molecule has 1 amide bonds. The highest BCUT2D eigenvalue weighted by Gasteiger charge is 2.20. The van der Waals surface area contributed by atoms with E-state index in [4.69, 9.17) is 0 Å². The molecule has 2 heterocycles. The summed E-state index contributed by atoms with van der Waals surface area (Å²) >= 11 is 0. The zero-order chi connectivity index (χ0) is 13.9. The Balaban J connectivity index is 1.70. The fourth-order valence-electron chi connectivity index (χ4n) is 2.96. The van der Waals surface area contributed by atoms with Crippen molar-refractivity contribution in [3.63, 3.8) is 0 Å². The van der Waals surface area contributed by atoms with Gasteiger partial charge in [-0.25, -0.2) is 0 Å². The lowest BCUT2D eigenvalue weighted by molar-refractivity contribution is -0.125. The van der Waals surface area contributed by atoms with E-state index in [1.54, 1.807) is 0 Å². The second-order valence-corrected chi connectivity index (χ2v) is 5.54. The van der Waals surface area contributed by atoms with Gasteiger partial charge in [0.05, 0.1) is 5.92 Å². The number of aromatic nitrogens is 1. The number of carbonyl (C=O) groups excluding carboxylic acids is 1. The molecule has 0 saturated carbocycles. The van der Waals surface area contributed by atoms with Crippen LogP contribution in [0.3, 0.4) is 0 Å². The van der Waals surface area contributed by atoms with E-state index >= 15 is 0 Å². The zero-order valence-corrected chi connectivity index (χ0v) is 11.8. The van der Waals surface area contributed by atoms with Crippen LogP contribution < -0.4 is 10.6 Å². The van der Waals surface area contributed by atoms with E-state index in [2.05, 4.69) is 34.7 Å². The number of piperidine rings is 1. The molecule has 1 aromatic carbocycles. The van der Waals surface area contributed by atoms with Crippen molar-refractivity contribution in [3.8, 4) is 0 Å². The number of H-pyrrole nitrogens is 1. The van der Waals surface area contributed by atoms with Gasteiger partial charge in [-0.05, 0) is 37.9 Å². The Morgan fingerprint density at radius 2 is 2.25 bits per heavy atom. The molecular weight excluding hydrogens is 250 g/mol. The molecule has 1 atom stereocenters. The first-order chi connectivity index (χ1) is 9.75. The van der Waals surface area contributed by atoms with Crippen LogP contribution >= 0.6 is 0 Å². The van der Waals surface area contributed by atoms with Gasteiger partial charge >= 0.3 is 0 Å². The zero-order valence-electron chi connectivity index (χ0n) is 11.8. The summed E-state index contributed by atoms with van der Waals surface area (Å²) < 4.78 is 0. The smallest absolute Gasteiger partial charge is 0.224 e. The molecule has 1 saturated heterocycles. The lowest BCUT2D eigenvalue weighted by atomic mass is 9.98. The lowest BCUT2D eigenvalue weighted by Gasteiger charge is -2.21. The third-order valence-corrected chi connectivity index (χ3v) is 4.13. The van der Waals surface area contributed by atoms with E-state index in [1.807, 2.05) is 12.1 Å². The van der Waals surface area contributed by atoms with Gasteiger partial charge < -0.3 is 15.6 Å². The highest BCUT2D eigenvalue weighted by molar-refractivity contribution is 5.85.